The van der Waals surface area contributed by atoms with Gasteiger partial charge in [0.2, 0.25) is 0 Å². The van der Waals surface area contributed by atoms with E-state index in [1.807, 2.05) is 0 Å². The zero-order valence-electron chi connectivity index (χ0n) is 10.7. The molecule has 0 radical (unpaired) electrons. The lowest BCUT2D eigenvalue weighted by Crippen LogP contribution is -2.31. The topological polar surface area (TPSA) is 111 Å². The van der Waals surface area contributed by atoms with Crippen molar-refractivity contribution in [1.29, 1.82) is 0 Å². The third-order valence-electron chi connectivity index (χ3n) is 2.21. The van der Waals surface area contributed by atoms with E-state index in [1.165, 1.54) is 23.7 Å². The van der Waals surface area contributed by atoms with E-state index in [2.05, 4.69) is 20.3 Å². The lowest BCUT2D eigenvalue weighted by atomic mass is 10.4. The summed E-state index contributed by atoms with van der Waals surface area (Å²) in [4.78, 5) is 34.8. The minimum absolute atomic E-state index is 0.224. The molecule has 0 unspecified atom stereocenters. The number of nitrogens with one attached hydrogen (secondary N) is 2. The Morgan fingerprint density at radius 1 is 1.33 bits per heavy atom. The van der Waals surface area contributed by atoms with E-state index >= 15 is 0 Å². The largest absolute Gasteiger partial charge is 0.454 e. The van der Waals surface area contributed by atoms with Crippen LogP contribution in [0.25, 0.3) is 0 Å². The molecule has 0 spiro atoms. The summed E-state index contributed by atoms with van der Waals surface area (Å²) < 4.78 is 9.22. The molecule has 8 nitrogen and oxygen atoms in total. The van der Waals surface area contributed by atoms with Gasteiger partial charge < -0.3 is 19.9 Å². The van der Waals surface area contributed by atoms with Gasteiger partial charge in [-0.25, -0.2) is 0 Å². The maximum Gasteiger partial charge on any atom is 0.325 e. The summed E-state index contributed by atoms with van der Waals surface area (Å²) in [6, 6.07) is 4.81. The first-order chi connectivity index (χ1) is 10.1. The molecule has 0 aliphatic heterocycles. The highest BCUT2D eigenvalue weighted by atomic mass is 32.1. The van der Waals surface area contributed by atoms with Crippen LogP contribution in [0.1, 0.15) is 9.67 Å². The fraction of sp³-hybridized carbons (Fsp3) is 0.167. The summed E-state index contributed by atoms with van der Waals surface area (Å²) in [5.41, 5.74) is 0. The number of hydrogen-bond acceptors (Lipinski definition) is 7. The van der Waals surface area contributed by atoms with Crippen LogP contribution in [0.5, 0.6) is 0 Å². The van der Waals surface area contributed by atoms with Crippen molar-refractivity contribution in [2.75, 3.05) is 18.5 Å². The van der Waals surface area contributed by atoms with Crippen LogP contribution in [0.15, 0.2) is 34.4 Å². The molecule has 0 bridgehead atoms. The van der Waals surface area contributed by atoms with Crippen LogP contribution in [-0.2, 0) is 14.3 Å². The minimum Gasteiger partial charge on any atom is -0.454 e. The molecular formula is C12H11N3O5S. The number of carbonyl (C=O) groups excluding carboxylic acids is 3. The maximum absolute atomic E-state index is 11.6. The van der Waals surface area contributed by atoms with Crippen molar-refractivity contribution >= 4 is 34.9 Å². The predicted octanol–water partition coefficient (Wildman–Crippen LogP) is 0.648. The highest BCUT2D eigenvalue weighted by Crippen LogP contribution is 2.07. The average Bonchev–Trinajstić information content (AvgIpc) is 3.15. The summed E-state index contributed by atoms with van der Waals surface area (Å²) >= 11 is 1.26. The van der Waals surface area contributed by atoms with Crippen molar-refractivity contribution in [3.63, 3.8) is 0 Å². The molecule has 110 valence electrons. The molecule has 0 aliphatic carbocycles. The number of anilines is 1. The van der Waals surface area contributed by atoms with Crippen molar-refractivity contribution in [3.05, 3.63) is 34.7 Å². The standard InChI is InChI=1S/C12H11N3O5S/c16-10(14-9-3-4-20-15-9)7-19-11(17)6-13-12(18)8-2-1-5-21-8/h1-5H,6-7H2,(H,13,18)(H,14,15,16). The molecule has 2 amide bonds. The number of esters is 1. The smallest absolute Gasteiger partial charge is 0.325 e. The summed E-state index contributed by atoms with van der Waals surface area (Å²) in [6.45, 7) is -0.783. The maximum atomic E-state index is 11.6. The molecular weight excluding hydrogens is 298 g/mol. The molecule has 0 saturated carbocycles. The molecule has 2 aromatic rings. The van der Waals surface area contributed by atoms with E-state index < -0.39 is 18.5 Å². The third-order valence-corrected chi connectivity index (χ3v) is 3.08. The predicted molar refractivity (Wildman–Crippen MR) is 72.7 cm³/mol. The lowest BCUT2D eigenvalue weighted by Gasteiger charge is -2.05. The Bertz CT molecular complexity index is 609. The third kappa shape index (κ3) is 4.73. The van der Waals surface area contributed by atoms with Crippen molar-refractivity contribution in [2.45, 2.75) is 0 Å². The summed E-state index contributed by atoms with van der Waals surface area (Å²) in [5.74, 6) is -1.41. The highest BCUT2D eigenvalue weighted by Gasteiger charge is 2.11. The molecule has 0 saturated heterocycles. The summed E-state index contributed by atoms with van der Waals surface area (Å²) in [6.07, 6.45) is 1.29. The first-order valence-electron chi connectivity index (χ1n) is 5.82. The number of thiophene rings is 1. The molecule has 21 heavy (non-hydrogen) atoms. The van der Waals surface area contributed by atoms with Gasteiger partial charge in [0, 0.05) is 6.07 Å². The Balaban J connectivity index is 1.65. The van der Waals surface area contributed by atoms with E-state index in [9.17, 15) is 14.4 Å². The number of ether oxygens (including phenoxy) is 1. The molecule has 0 fully saturated rings. The second-order valence-electron chi connectivity index (χ2n) is 3.75. The van der Waals surface area contributed by atoms with E-state index in [0.717, 1.165) is 0 Å². The molecule has 2 aromatic heterocycles. The first kappa shape index (κ1) is 14.7. The molecule has 0 atom stereocenters. The highest BCUT2D eigenvalue weighted by molar-refractivity contribution is 7.12. The summed E-state index contributed by atoms with van der Waals surface area (Å²) in [7, 11) is 0. The normalized spacial score (nSPS) is 9.90. The molecule has 0 aliphatic rings. The Labute approximate surface area is 123 Å². The van der Waals surface area contributed by atoms with Crippen LogP contribution in [-0.4, -0.2) is 36.1 Å². The number of amides is 2. The van der Waals surface area contributed by atoms with Crippen LogP contribution in [0.4, 0.5) is 5.82 Å². The van der Waals surface area contributed by atoms with Gasteiger partial charge in [0.1, 0.15) is 12.8 Å². The zero-order chi connectivity index (χ0) is 15.1. The number of nitrogens with zero attached hydrogens (tertiary/aromatic N) is 1. The summed E-state index contributed by atoms with van der Waals surface area (Å²) in [5, 5.41) is 9.97. The van der Waals surface area contributed by atoms with Gasteiger partial charge in [-0.3, -0.25) is 14.4 Å². The lowest BCUT2D eigenvalue weighted by molar-refractivity contribution is -0.146. The Morgan fingerprint density at radius 3 is 2.86 bits per heavy atom. The average molecular weight is 309 g/mol. The van der Waals surface area contributed by atoms with Gasteiger partial charge in [0.25, 0.3) is 11.8 Å². The monoisotopic (exact) mass is 309 g/mol. The van der Waals surface area contributed by atoms with Crippen LogP contribution in [0.3, 0.4) is 0 Å². The number of aromatic nitrogens is 1. The van der Waals surface area contributed by atoms with Crippen molar-refractivity contribution < 1.29 is 23.6 Å². The van der Waals surface area contributed by atoms with E-state index in [-0.39, 0.29) is 18.3 Å². The molecule has 0 aromatic carbocycles. The van der Waals surface area contributed by atoms with Gasteiger partial charge in [0.15, 0.2) is 12.4 Å². The van der Waals surface area contributed by atoms with Crippen LogP contribution < -0.4 is 10.6 Å². The fourth-order valence-electron chi connectivity index (χ4n) is 1.30. The van der Waals surface area contributed by atoms with Gasteiger partial charge in [0.05, 0.1) is 4.88 Å². The first-order valence-corrected chi connectivity index (χ1v) is 6.70. The van der Waals surface area contributed by atoms with Crippen LogP contribution in [0.2, 0.25) is 0 Å². The quantitative estimate of drug-likeness (QED) is 0.758. The molecule has 2 heterocycles. The van der Waals surface area contributed by atoms with Crippen molar-refractivity contribution in [3.8, 4) is 0 Å². The number of rotatable bonds is 6. The van der Waals surface area contributed by atoms with Gasteiger partial charge in [-0.2, -0.15) is 0 Å². The second kappa shape index (κ2) is 7.20. The molecule has 2 rings (SSSR count). The SMILES string of the molecule is O=C(COC(=O)CNC(=O)c1cccs1)Nc1ccon1. The van der Waals surface area contributed by atoms with Gasteiger partial charge in [-0.15, -0.1) is 11.3 Å². The molecule has 2 N–H and O–H groups in total. The van der Waals surface area contributed by atoms with E-state index in [4.69, 9.17) is 4.74 Å². The van der Waals surface area contributed by atoms with Gasteiger partial charge in [-0.1, -0.05) is 11.2 Å². The van der Waals surface area contributed by atoms with E-state index in [0.29, 0.717) is 4.88 Å². The van der Waals surface area contributed by atoms with E-state index in [1.54, 1.807) is 17.5 Å². The number of hydrogen-bond donors (Lipinski definition) is 2. The Hall–Kier alpha value is -2.68. The molecule has 9 heteroatoms. The Morgan fingerprint density at radius 2 is 2.19 bits per heavy atom. The van der Waals surface area contributed by atoms with Gasteiger partial charge >= 0.3 is 5.97 Å². The van der Waals surface area contributed by atoms with Gasteiger partial charge in [-0.05, 0) is 11.4 Å². The fourth-order valence-corrected chi connectivity index (χ4v) is 1.94. The zero-order valence-corrected chi connectivity index (χ0v) is 11.5. The number of carbonyl (C=O) groups is 3. The van der Waals surface area contributed by atoms with Crippen molar-refractivity contribution in [1.82, 2.24) is 10.5 Å². The van der Waals surface area contributed by atoms with Crippen LogP contribution in [0, 0.1) is 0 Å². The second-order valence-corrected chi connectivity index (χ2v) is 4.70. The Kier molecular flexibility index (Phi) is 5.04. The minimum atomic E-state index is -0.713. The van der Waals surface area contributed by atoms with Crippen molar-refractivity contribution in [2.24, 2.45) is 0 Å². The van der Waals surface area contributed by atoms with Crippen LogP contribution >= 0.6 is 11.3 Å².